The molecule has 2 rings (SSSR count). The fourth-order valence-electron chi connectivity index (χ4n) is 1.58. The first-order valence-corrected chi connectivity index (χ1v) is 6.21. The molecule has 0 fully saturated rings. The number of hydrogen-bond donors (Lipinski definition) is 0. The van der Waals surface area contributed by atoms with Crippen LogP contribution in [0.3, 0.4) is 0 Å². The molecule has 0 N–H and O–H groups in total. The fourth-order valence-corrected chi connectivity index (χ4v) is 2.00. The van der Waals surface area contributed by atoms with Crippen molar-refractivity contribution in [3.05, 3.63) is 77.6 Å². The van der Waals surface area contributed by atoms with Crippen LogP contribution in [0, 0.1) is 5.82 Å². The summed E-state index contributed by atoms with van der Waals surface area (Å²) in [6.07, 6.45) is 2.57. The first kappa shape index (κ1) is 12.1. The van der Waals surface area contributed by atoms with E-state index in [2.05, 4.69) is 15.9 Å². The van der Waals surface area contributed by atoms with Crippen molar-refractivity contribution in [1.29, 1.82) is 0 Å². The summed E-state index contributed by atoms with van der Waals surface area (Å²) in [5.74, 6) is -0.155. The van der Waals surface area contributed by atoms with E-state index in [0.29, 0.717) is 12.0 Å². The molecule has 2 heteroatoms. The van der Waals surface area contributed by atoms with Crippen LogP contribution < -0.4 is 0 Å². The lowest BCUT2D eigenvalue weighted by atomic mass is 10.1. The van der Waals surface area contributed by atoms with E-state index in [4.69, 9.17) is 0 Å². The molecule has 2 aromatic rings. The van der Waals surface area contributed by atoms with E-state index >= 15 is 0 Å². The van der Waals surface area contributed by atoms with Gasteiger partial charge in [-0.05, 0) is 23.6 Å². The molecule has 0 bridgehead atoms. The summed E-state index contributed by atoms with van der Waals surface area (Å²) in [5.41, 5.74) is 1.81. The molecule has 17 heavy (non-hydrogen) atoms. The van der Waals surface area contributed by atoms with E-state index in [1.165, 1.54) is 6.07 Å². The van der Waals surface area contributed by atoms with Crippen molar-refractivity contribution in [2.45, 2.75) is 6.42 Å². The highest BCUT2D eigenvalue weighted by atomic mass is 79.9. The van der Waals surface area contributed by atoms with Crippen LogP contribution in [0.5, 0.6) is 0 Å². The molecule has 0 aliphatic heterocycles. The molecule has 2 aromatic carbocycles. The zero-order valence-corrected chi connectivity index (χ0v) is 10.8. The minimum Gasteiger partial charge on any atom is -0.207 e. The molecule has 0 aliphatic rings. The van der Waals surface area contributed by atoms with Crippen molar-refractivity contribution >= 4 is 20.4 Å². The molecule has 0 spiro atoms. The van der Waals surface area contributed by atoms with Crippen molar-refractivity contribution in [1.82, 2.24) is 0 Å². The second kappa shape index (κ2) is 5.78. The Kier molecular flexibility index (Phi) is 4.10. The van der Waals surface area contributed by atoms with Gasteiger partial charge >= 0.3 is 0 Å². The molecule has 0 saturated carbocycles. The lowest BCUT2D eigenvalue weighted by Gasteiger charge is -2.01. The first-order chi connectivity index (χ1) is 8.27. The van der Waals surface area contributed by atoms with Crippen LogP contribution in [0.4, 0.5) is 4.39 Å². The molecule has 0 atom stereocenters. The molecular formula is C15H12BrF. The average Bonchev–Trinajstić information content (AvgIpc) is 2.38. The summed E-state index contributed by atoms with van der Waals surface area (Å²) >= 11 is 3.51. The number of rotatable bonds is 3. The normalized spacial score (nSPS) is 11.5. The maximum Gasteiger partial charge on any atom is 0.126 e. The van der Waals surface area contributed by atoms with Gasteiger partial charge in [0, 0.05) is 4.48 Å². The van der Waals surface area contributed by atoms with Crippen molar-refractivity contribution in [3.63, 3.8) is 0 Å². The quantitative estimate of drug-likeness (QED) is 0.761. The zero-order chi connectivity index (χ0) is 12.1. The fraction of sp³-hybridized carbons (Fsp3) is 0.0667. The molecule has 0 radical (unpaired) electrons. The Labute approximate surface area is 109 Å². The standard InChI is InChI=1S/C15H12BrF/c16-14(12-6-2-1-3-7-12)11-10-13-8-4-5-9-15(13)17/h1-9,11H,10H2/b14-11-. The Hall–Kier alpha value is -1.41. The molecule has 0 aliphatic carbocycles. The van der Waals surface area contributed by atoms with Crippen LogP contribution in [0.25, 0.3) is 4.48 Å². The smallest absolute Gasteiger partial charge is 0.126 e. The Bertz CT molecular complexity index is 517. The Morgan fingerprint density at radius 1 is 1.00 bits per heavy atom. The van der Waals surface area contributed by atoms with Gasteiger partial charge in [0.05, 0.1) is 0 Å². The van der Waals surface area contributed by atoms with Crippen LogP contribution in [0.1, 0.15) is 11.1 Å². The van der Waals surface area contributed by atoms with Gasteiger partial charge in [-0.25, -0.2) is 4.39 Å². The monoisotopic (exact) mass is 290 g/mol. The predicted octanol–water partition coefficient (Wildman–Crippen LogP) is 4.80. The van der Waals surface area contributed by atoms with E-state index in [1.54, 1.807) is 12.1 Å². The largest absolute Gasteiger partial charge is 0.207 e. The highest BCUT2D eigenvalue weighted by molar-refractivity contribution is 9.15. The van der Waals surface area contributed by atoms with Gasteiger partial charge in [0.1, 0.15) is 5.82 Å². The minimum absolute atomic E-state index is 0.155. The van der Waals surface area contributed by atoms with Crippen LogP contribution >= 0.6 is 15.9 Å². The molecule has 86 valence electrons. The van der Waals surface area contributed by atoms with Crippen molar-refractivity contribution < 1.29 is 4.39 Å². The van der Waals surface area contributed by atoms with Gasteiger partial charge in [-0.15, -0.1) is 0 Å². The zero-order valence-electron chi connectivity index (χ0n) is 9.24. The lowest BCUT2D eigenvalue weighted by molar-refractivity contribution is 0.615. The summed E-state index contributed by atoms with van der Waals surface area (Å²) in [6.45, 7) is 0. The van der Waals surface area contributed by atoms with E-state index in [0.717, 1.165) is 10.0 Å². The maximum atomic E-state index is 13.4. The average molecular weight is 291 g/mol. The van der Waals surface area contributed by atoms with Crippen molar-refractivity contribution in [2.24, 2.45) is 0 Å². The lowest BCUT2D eigenvalue weighted by Crippen LogP contribution is -1.87. The predicted molar refractivity (Wildman–Crippen MR) is 73.5 cm³/mol. The summed E-state index contributed by atoms with van der Waals surface area (Å²) < 4.78 is 14.4. The van der Waals surface area contributed by atoms with Crippen molar-refractivity contribution in [3.8, 4) is 0 Å². The third-order valence-electron chi connectivity index (χ3n) is 2.51. The maximum absolute atomic E-state index is 13.4. The number of halogens is 2. The molecule has 0 heterocycles. The number of hydrogen-bond acceptors (Lipinski definition) is 0. The molecule has 0 unspecified atom stereocenters. The highest BCUT2D eigenvalue weighted by Gasteiger charge is 2.00. The minimum atomic E-state index is -0.155. The molecule has 0 aromatic heterocycles. The van der Waals surface area contributed by atoms with Gasteiger partial charge in [0.15, 0.2) is 0 Å². The van der Waals surface area contributed by atoms with Crippen LogP contribution in [-0.2, 0) is 6.42 Å². The van der Waals surface area contributed by atoms with E-state index in [1.807, 2.05) is 42.5 Å². The molecule has 0 nitrogen and oxygen atoms in total. The van der Waals surface area contributed by atoms with Crippen molar-refractivity contribution in [2.75, 3.05) is 0 Å². The summed E-state index contributed by atoms with van der Waals surface area (Å²) in [7, 11) is 0. The van der Waals surface area contributed by atoms with Crippen LogP contribution in [0.15, 0.2) is 60.7 Å². The Morgan fingerprint density at radius 3 is 2.35 bits per heavy atom. The topological polar surface area (TPSA) is 0 Å². The van der Waals surface area contributed by atoms with Gasteiger partial charge in [-0.3, -0.25) is 0 Å². The van der Waals surface area contributed by atoms with Crippen LogP contribution in [0.2, 0.25) is 0 Å². The molecule has 0 saturated heterocycles. The molecular weight excluding hydrogens is 279 g/mol. The number of benzene rings is 2. The molecule has 0 amide bonds. The third kappa shape index (κ3) is 3.27. The Balaban J connectivity index is 2.14. The van der Waals surface area contributed by atoms with Gasteiger partial charge in [-0.1, -0.05) is 70.5 Å². The summed E-state index contributed by atoms with van der Waals surface area (Å²) in [4.78, 5) is 0. The van der Waals surface area contributed by atoms with Gasteiger partial charge in [-0.2, -0.15) is 0 Å². The van der Waals surface area contributed by atoms with Gasteiger partial charge < -0.3 is 0 Å². The Morgan fingerprint density at radius 2 is 1.65 bits per heavy atom. The van der Waals surface area contributed by atoms with Crippen LogP contribution in [-0.4, -0.2) is 0 Å². The third-order valence-corrected chi connectivity index (χ3v) is 3.29. The summed E-state index contributed by atoms with van der Waals surface area (Å²) in [6, 6.07) is 16.8. The second-order valence-electron chi connectivity index (χ2n) is 3.71. The van der Waals surface area contributed by atoms with E-state index < -0.39 is 0 Å². The van der Waals surface area contributed by atoms with E-state index in [9.17, 15) is 4.39 Å². The summed E-state index contributed by atoms with van der Waals surface area (Å²) in [5, 5.41) is 0. The van der Waals surface area contributed by atoms with Gasteiger partial charge in [0.2, 0.25) is 0 Å². The first-order valence-electron chi connectivity index (χ1n) is 5.42. The SMILES string of the molecule is Fc1ccccc1C/C=C(\Br)c1ccccc1. The number of allylic oxidation sites excluding steroid dienone is 1. The van der Waals surface area contributed by atoms with E-state index in [-0.39, 0.29) is 5.82 Å². The van der Waals surface area contributed by atoms with Gasteiger partial charge in [0.25, 0.3) is 0 Å². The highest BCUT2D eigenvalue weighted by Crippen LogP contribution is 2.21. The second-order valence-corrected chi connectivity index (χ2v) is 4.57.